The van der Waals surface area contributed by atoms with Gasteiger partial charge in [0.15, 0.2) is 0 Å². The predicted molar refractivity (Wildman–Crippen MR) is 169 cm³/mol. The van der Waals surface area contributed by atoms with E-state index in [1.165, 1.54) is 17.7 Å². The van der Waals surface area contributed by atoms with E-state index in [2.05, 4.69) is 24.4 Å². The van der Waals surface area contributed by atoms with Gasteiger partial charge in [0.05, 0.1) is 18.2 Å². The van der Waals surface area contributed by atoms with Crippen LogP contribution in [0.3, 0.4) is 0 Å². The average Bonchev–Trinajstić information content (AvgIpc) is 3.43. The van der Waals surface area contributed by atoms with Gasteiger partial charge in [-0.2, -0.15) is 0 Å². The Bertz CT molecular complexity index is 1400. The highest BCUT2D eigenvalue weighted by Crippen LogP contribution is 2.22. The van der Waals surface area contributed by atoms with E-state index < -0.39 is 29.7 Å². The summed E-state index contributed by atoms with van der Waals surface area (Å²) in [5.41, 5.74) is 10.5. The summed E-state index contributed by atoms with van der Waals surface area (Å²) in [6, 6.07) is 15.6. The molecule has 3 N–H and O–H groups in total. The van der Waals surface area contributed by atoms with Crippen molar-refractivity contribution in [3.05, 3.63) is 106 Å². The molecule has 0 bridgehead atoms. The van der Waals surface area contributed by atoms with Crippen LogP contribution in [0, 0.1) is 18.6 Å². The summed E-state index contributed by atoms with van der Waals surface area (Å²) in [6.45, 7) is 5.72. The van der Waals surface area contributed by atoms with Gasteiger partial charge in [0.1, 0.15) is 17.7 Å². The van der Waals surface area contributed by atoms with Crippen LogP contribution in [0.4, 0.5) is 8.78 Å². The Labute approximate surface area is 264 Å². The maximum atomic E-state index is 13.9. The number of methoxy groups -OCH3 is 1. The molecule has 0 saturated carbocycles. The lowest BCUT2D eigenvalue weighted by Gasteiger charge is -2.26. The molecule has 0 radical (unpaired) electrons. The van der Waals surface area contributed by atoms with Gasteiger partial charge in [0, 0.05) is 44.4 Å². The molecule has 0 spiro atoms. The number of carbonyl (C=O) groups excluding carboxylic acids is 2. The highest BCUT2D eigenvalue weighted by atomic mass is 35.5. The van der Waals surface area contributed by atoms with Gasteiger partial charge in [-0.3, -0.25) is 4.79 Å². The number of nitrogens with two attached hydrogens (primary N) is 1. The highest BCUT2D eigenvalue weighted by Gasteiger charge is 2.30. The van der Waals surface area contributed by atoms with Crippen molar-refractivity contribution in [2.75, 3.05) is 26.8 Å². The molecular formula is C34H42ClF2N3O4. The van der Waals surface area contributed by atoms with E-state index in [0.717, 1.165) is 36.5 Å². The third-order valence-electron chi connectivity index (χ3n) is 7.76. The first-order chi connectivity index (χ1) is 20.7. The molecule has 1 aliphatic rings. The molecule has 0 aromatic heterocycles. The van der Waals surface area contributed by atoms with Gasteiger partial charge in [-0.05, 0) is 85.2 Å². The van der Waals surface area contributed by atoms with Gasteiger partial charge in [-0.1, -0.05) is 31.2 Å². The van der Waals surface area contributed by atoms with Gasteiger partial charge in [-0.15, -0.1) is 12.4 Å². The summed E-state index contributed by atoms with van der Waals surface area (Å²) >= 11 is 0. The fourth-order valence-electron chi connectivity index (χ4n) is 5.60. The minimum absolute atomic E-state index is 0. The van der Waals surface area contributed by atoms with Crippen molar-refractivity contribution in [2.45, 2.75) is 64.3 Å². The van der Waals surface area contributed by atoms with Crippen molar-refractivity contribution in [3.8, 4) is 0 Å². The minimum atomic E-state index is -0.822. The summed E-state index contributed by atoms with van der Waals surface area (Å²) in [6.07, 6.45) is 1.94. The molecule has 3 aromatic rings. The number of likely N-dealkylation sites (tertiary alicyclic amines) is 1. The molecule has 10 heteroatoms. The fourth-order valence-corrected chi connectivity index (χ4v) is 5.60. The zero-order valence-electron chi connectivity index (χ0n) is 25.5. The van der Waals surface area contributed by atoms with Crippen LogP contribution in [0.2, 0.25) is 0 Å². The molecule has 1 heterocycles. The number of hydrogen-bond acceptors (Lipinski definition) is 6. The molecule has 0 unspecified atom stereocenters. The highest BCUT2D eigenvalue weighted by molar-refractivity contribution is 5.98. The Morgan fingerprint density at radius 1 is 1.02 bits per heavy atom. The van der Waals surface area contributed by atoms with E-state index in [1.807, 2.05) is 19.1 Å². The molecule has 3 aromatic carbocycles. The van der Waals surface area contributed by atoms with Crippen LogP contribution >= 0.6 is 12.4 Å². The van der Waals surface area contributed by atoms with E-state index in [-0.39, 0.29) is 42.9 Å². The van der Waals surface area contributed by atoms with Crippen molar-refractivity contribution in [1.29, 1.82) is 0 Å². The number of nitrogens with zero attached hydrogens (tertiary/aromatic N) is 1. The fraction of sp³-hybridized carbons (Fsp3) is 0.412. The summed E-state index contributed by atoms with van der Waals surface area (Å²) < 4.78 is 39.0. The third-order valence-corrected chi connectivity index (χ3v) is 7.76. The lowest BCUT2D eigenvalue weighted by Crippen LogP contribution is -2.46. The van der Waals surface area contributed by atoms with Gasteiger partial charge in [-0.25, -0.2) is 13.6 Å². The number of ether oxygens (including phenoxy) is 2. The number of rotatable bonds is 13. The van der Waals surface area contributed by atoms with Crippen molar-refractivity contribution in [2.24, 2.45) is 5.73 Å². The Morgan fingerprint density at radius 2 is 1.73 bits per heavy atom. The largest absolute Gasteiger partial charge is 0.456 e. The molecule has 7 nitrogen and oxygen atoms in total. The standard InChI is InChI=1S/C34H41F2N3O4.ClH/c1-4-23-7-5-8-24(13-23)19-38-20-32(31(37)16-25-14-28(35)18-29(36)15-25)43-34(41)27-12-22(2)11-26(17-27)33(40)39-10-6-9-30(39)21-42-3;/h5,7-8,11-15,17-18,30-32,38H,4,6,9-10,16,19-21,37H2,1-3H3;1H/t30-,31+,32-;/m1./s1. The molecule has 1 saturated heterocycles. The number of hydrogen-bond donors (Lipinski definition) is 2. The Hall–Kier alpha value is -3.37. The zero-order chi connectivity index (χ0) is 30.9. The Kier molecular flexibility index (Phi) is 13.3. The van der Waals surface area contributed by atoms with E-state index in [1.54, 1.807) is 30.2 Å². The summed E-state index contributed by atoms with van der Waals surface area (Å²) in [4.78, 5) is 28.7. The predicted octanol–water partition coefficient (Wildman–Crippen LogP) is 5.39. The SMILES string of the molecule is CCc1cccc(CNC[C@@H](OC(=O)c2cc(C)cc(C(=O)N3CCC[C@@H]3COC)c2)[C@@H](N)Cc2cc(F)cc(F)c2)c1.Cl. The Morgan fingerprint density at radius 3 is 2.43 bits per heavy atom. The van der Waals surface area contributed by atoms with Crippen molar-refractivity contribution < 1.29 is 27.8 Å². The van der Waals surface area contributed by atoms with E-state index in [9.17, 15) is 18.4 Å². The van der Waals surface area contributed by atoms with Crippen LogP contribution in [0.15, 0.2) is 60.7 Å². The van der Waals surface area contributed by atoms with Crippen molar-refractivity contribution in [3.63, 3.8) is 0 Å². The maximum absolute atomic E-state index is 13.9. The summed E-state index contributed by atoms with van der Waals surface area (Å²) in [5, 5.41) is 3.32. The maximum Gasteiger partial charge on any atom is 0.338 e. The van der Waals surface area contributed by atoms with E-state index in [4.69, 9.17) is 15.2 Å². The first-order valence-corrected chi connectivity index (χ1v) is 14.8. The van der Waals surface area contributed by atoms with Gasteiger partial charge >= 0.3 is 5.97 Å². The molecule has 1 fully saturated rings. The lowest BCUT2D eigenvalue weighted by atomic mass is 10.0. The molecule has 0 aliphatic carbocycles. The topological polar surface area (TPSA) is 93.9 Å². The van der Waals surface area contributed by atoms with E-state index >= 15 is 0 Å². The number of amides is 1. The van der Waals surface area contributed by atoms with E-state index in [0.29, 0.717) is 30.8 Å². The minimum Gasteiger partial charge on any atom is -0.456 e. The van der Waals surface area contributed by atoms with Crippen LogP contribution in [0.25, 0.3) is 0 Å². The van der Waals surface area contributed by atoms with Crippen LogP contribution in [0.5, 0.6) is 0 Å². The van der Waals surface area contributed by atoms with Gasteiger partial charge < -0.3 is 25.4 Å². The van der Waals surface area contributed by atoms with Crippen LogP contribution < -0.4 is 11.1 Å². The van der Waals surface area contributed by atoms with Crippen LogP contribution in [0.1, 0.15) is 62.7 Å². The number of carbonyl (C=O) groups is 2. The first kappa shape index (κ1) is 35.1. The Balaban J connectivity index is 0.00000529. The van der Waals surface area contributed by atoms with Gasteiger partial charge in [0.25, 0.3) is 5.91 Å². The van der Waals surface area contributed by atoms with Gasteiger partial charge in [0.2, 0.25) is 0 Å². The summed E-state index contributed by atoms with van der Waals surface area (Å²) in [5.74, 6) is -2.19. The molecule has 1 aliphatic heterocycles. The van der Waals surface area contributed by atoms with Crippen molar-refractivity contribution >= 4 is 24.3 Å². The quantitative estimate of drug-likeness (QED) is 0.246. The number of benzene rings is 3. The number of esters is 1. The summed E-state index contributed by atoms with van der Waals surface area (Å²) in [7, 11) is 1.62. The number of aryl methyl sites for hydroxylation is 2. The molecule has 4 rings (SSSR count). The number of halogens is 3. The smallest absolute Gasteiger partial charge is 0.338 e. The second-order valence-electron chi connectivity index (χ2n) is 11.2. The molecule has 1 amide bonds. The molecule has 238 valence electrons. The van der Waals surface area contributed by atoms with Crippen LogP contribution in [-0.2, 0) is 28.9 Å². The lowest BCUT2D eigenvalue weighted by molar-refractivity contribution is 0.0238. The third kappa shape index (κ3) is 9.56. The zero-order valence-corrected chi connectivity index (χ0v) is 26.3. The molecular weight excluding hydrogens is 588 g/mol. The number of nitrogens with one attached hydrogen (secondary N) is 1. The second kappa shape index (κ2) is 16.6. The molecule has 44 heavy (non-hydrogen) atoms. The average molecular weight is 630 g/mol. The monoisotopic (exact) mass is 629 g/mol. The normalized spacial score (nSPS) is 15.9. The second-order valence-corrected chi connectivity index (χ2v) is 11.2. The van der Waals surface area contributed by atoms with Crippen molar-refractivity contribution in [1.82, 2.24) is 10.2 Å². The first-order valence-electron chi connectivity index (χ1n) is 14.8. The van der Waals surface area contributed by atoms with Crippen LogP contribution in [-0.4, -0.2) is 61.8 Å². The molecule has 3 atom stereocenters.